The van der Waals surface area contributed by atoms with Gasteiger partial charge in [-0.25, -0.2) is 12.7 Å². The monoisotopic (exact) mass is 520 g/mol. The zero-order valence-corrected chi connectivity index (χ0v) is 19.6. The summed E-state index contributed by atoms with van der Waals surface area (Å²) in [5.74, 6) is 3.35. The maximum Gasteiger partial charge on any atom is 0.215 e. The van der Waals surface area contributed by atoms with Crippen molar-refractivity contribution in [1.82, 2.24) is 14.9 Å². The van der Waals surface area contributed by atoms with E-state index in [0.717, 1.165) is 43.6 Å². The molecule has 0 radical (unpaired) electrons. The Hall–Kier alpha value is 0.220. The Labute approximate surface area is 179 Å². The molecule has 0 unspecified atom stereocenters. The number of ether oxygens (including phenoxy) is 1. The lowest BCUT2D eigenvalue weighted by molar-refractivity contribution is 0.123. The summed E-state index contributed by atoms with van der Waals surface area (Å²) in [5.41, 5.74) is 0. The molecular formula is C16H33IN4O3S2. The number of rotatable bonds is 11. The summed E-state index contributed by atoms with van der Waals surface area (Å²) in [7, 11) is -3.17. The molecule has 1 saturated heterocycles. The van der Waals surface area contributed by atoms with Crippen molar-refractivity contribution < 1.29 is 13.2 Å². The van der Waals surface area contributed by atoms with E-state index in [1.165, 1.54) is 12.8 Å². The molecule has 1 aliphatic carbocycles. The molecule has 2 N–H and O–H groups in total. The number of guanidine groups is 1. The molecule has 10 heteroatoms. The van der Waals surface area contributed by atoms with E-state index in [4.69, 9.17) is 4.74 Å². The first kappa shape index (κ1) is 24.3. The molecule has 154 valence electrons. The minimum atomic E-state index is -3.17. The van der Waals surface area contributed by atoms with E-state index >= 15 is 0 Å². The third-order valence-corrected chi connectivity index (χ3v) is 6.94. The number of halogens is 1. The predicted octanol–water partition coefficient (Wildman–Crippen LogP) is 1.35. The number of hydrogen-bond donors (Lipinski definition) is 2. The molecule has 1 saturated carbocycles. The minimum absolute atomic E-state index is 0. The van der Waals surface area contributed by atoms with E-state index in [-0.39, 0.29) is 29.7 Å². The zero-order chi connectivity index (χ0) is 18.0. The van der Waals surface area contributed by atoms with Gasteiger partial charge in [0, 0.05) is 57.4 Å². The first-order valence-corrected chi connectivity index (χ1v) is 12.0. The molecule has 2 aliphatic rings. The number of sulfonamides is 1. The van der Waals surface area contributed by atoms with E-state index in [0.29, 0.717) is 32.1 Å². The van der Waals surface area contributed by atoms with Gasteiger partial charge < -0.3 is 15.4 Å². The van der Waals surface area contributed by atoms with Gasteiger partial charge >= 0.3 is 0 Å². The van der Waals surface area contributed by atoms with E-state index in [2.05, 4.69) is 15.6 Å². The molecule has 7 nitrogen and oxygen atoms in total. The molecule has 1 heterocycles. The summed E-state index contributed by atoms with van der Waals surface area (Å²) >= 11 is 1.81. The van der Waals surface area contributed by atoms with Crippen LogP contribution in [0.15, 0.2) is 4.99 Å². The fourth-order valence-corrected chi connectivity index (χ4v) is 4.98. The molecule has 2 rings (SSSR count). The molecule has 2 fully saturated rings. The van der Waals surface area contributed by atoms with E-state index in [1.807, 2.05) is 18.7 Å². The molecule has 0 aromatic heterocycles. The van der Waals surface area contributed by atoms with Crippen LogP contribution in [-0.4, -0.2) is 81.9 Å². The number of hydrogen-bond acceptors (Lipinski definition) is 5. The summed E-state index contributed by atoms with van der Waals surface area (Å²) in [5, 5.41) is 6.28. The second kappa shape index (κ2) is 13.4. The van der Waals surface area contributed by atoms with Crippen molar-refractivity contribution >= 4 is 51.7 Å². The van der Waals surface area contributed by atoms with E-state index < -0.39 is 10.0 Å². The van der Waals surface area contributed by atoms with Crippen LogP contribution < -0.4 is 10.6 Å². The van der Waals surface area contributed by atoms with Crippen LogP contribution in [0.2, 0.25) is 0 Å². The van der Waals surface area contributed by atoms with Crippen molar-refractivity contribution in [3.8, 4) is 0 Å². The average molecular weight is 521 g/mol. The fourth-order valence-electron chi connectivity index (χ4n) is 2.49. The highest BCUT2D eigenvalue weighted by atomic mass is 127. The van der Waals surface area contributed by atoms with Gasteiger partial charge in [0.2, 0.25) is 10.0 Å². The van der Waals surface area contributed by atoms with Crippen molar-refractivity contribution in [2.45, 2.75) is 26.2 Å². The number of thioether (sulfide) groups is 1. The first-order valence-electron chi connectivity index (χ1n) is 9.27. The van der Waals surface area contributed by atoms with Crippen LogP contribution in [0.25, 0.3) is 0 Å². The number of aliphatic imine (C=N–C) groups is 1. The Morgan fingerprint density at radius 3 is 2.65 bits per heavy atom. The third kappa shape index (κ3) is 9.95. The summed E-state index contributed by atoms with van der Waals surface area (Å²) in [6.07, 6.45) is 3.50. The largest absolute Gasteiger partial charge is 0.381 e. The molecule has 26 heavy (non-hydrogen) atoms. The lowest BCUT2D eigenvalue weighted by atomic mass is 10.4. The molecule has 1 aliphatic heterocycles. The topological polar surface area (TPSA) is 83.0 Å². The Morgan fingerprint density at radius 1 is 1.27 bits per heavy atom. The lowest BCUT2D eigenvalue weighted by Gasteiger charge is -2.25. The van der Waals surface area contributed by atoms with Gasteiger partial charge in [-0.3, -0.25) is 4.99 Å². The van der Waals surface area contributed by atoms with Gasteiger partial charge in [-0.15, -0.1) is 24.0 Å². The van der Waals surface area contributed by atoms with Crippen molar-refractivity contribution in [3.63, 3.8) is 0 Å². The van der Waals surface area contributed by atoms with Crippen molar-refractivity contribution in [1.29, 1.82) is 0 Å². The van der Waals surface area contributed by atoms with Crippen LogP contribution in [0.1, 0.15) is 26.2 Å². The number of nitrogens with one attached hydrogen (secondary N) is 2. The molecule has 0 bridgehead atoms. The average Bonchev–Trinajstić information content (AvgIpc) is 3.43. The Kier molecular flexibility index (Phi) is 12.5. The maximum atomic E-state index is 12.3. The normalized spacial score (nSPS) is 19.0. The van der Waals surface area contributed by atoms with Gasteiger partial charge in [0.05, 0.1) is 5.75 Å². The van der Waals surface area contributed by atoms with Gasteiger partial charge in [-0.1, -0.05) is 0 Å². The smallest absolute Gasteiger partial charge is 0.215 e. The van der Waals surface area contributed by atoms with Crippen LogP contribution in [0.4, 0.5) is 0 Å². The zero-order valence-electron chi connectivity index (χ0n) is 15.6. The van der Waals surface area contributed by atoms with Crippen LogP contribution in [-0.2, 0) is 14.8 Å². The predicted molar refractivity (Wildman–Crippen MR) is 120 cm³/mol. The molecular weight excluding hydrogens is 487 g/mol. The van der Waals surface area contributed by atoms with Crippen molar-refractivity contribution in [2.75, 3.05) is 63.2 Å². The van der Waals surface area contributed by atoms with Crippen LogP contribution in [0, 0.1) is 5.92 Å². The number of nitrogens with zero attached hydrogens (tertiary/aromatic N) is 2. The van der Waals surface area contributed by atoms with E-state index in [9.17, 15) is 8.42 Å². The highest BCUT2D eigenvalue weighted by Gasteiger charge is 2.23. The Balaban J connectivity index is 0.00000338. The van der Waals surface area contributed by atoms with Gasteiger partial charge in [0.25, 0.3) is 0 Å². The van der Waals surface area contributed by atoms with Crippen LogP contribution in [0.5, 0.6) is 0 Å². The highest BCUT2D eigenvalue weighted by molar-refractivity contribution is 14.0. The van der Waals surface area contributed by atoms with Gasteiger partial charge in [-0.05, 0) is 32.1 Å². The Morgan fingerprint density at radius 2 is 2.00 bits per heavy atom. The van der Waals surface area contributed by atoms with Gasteiger partial charge in [0.15, 0.2) is 5.96 Å². The summed E-state index contributed by atoms with van der Waals surface area (Å²) in [4.78, 5) is 4.48. The summed E-state index contributed by atoms with van der Waals surface area (Å²) in [6, 6.07) is 0. The summed E-state index contributed by atoms with van der Waals surface area (Å²) in [6.45, 7) is 6.67. The fraction of sp³-hybridized carbons (Fsp3) is 0.938. The minimum Gasteiger partial charge on any atom is -0.381 e. The van der Waals surface area contributed by atoms with Crippen LogP contribution >= 0.6 is 35.7 Å². The Bertz CT molecular complexity index is 510. The lowest BCUT2D eigenvalue weighted by Crippen LogP contribution is -2.44. The van der Waals surface area contributed by atoms with Gasteiger partial charge in [-0.2, -0.15) is 11.8 Å². The molecule has 0 aromatic carbocycles. The molecule has 0 aromatic rings. The molecule has 0 atom stereocenters. The standard InChI is InChI=1S/C16H32N4O3S2.HI/c1-2-17-16(18-6-3-10-23-14-15-4-5-15)19-7-13-25(21,22)20-8-11-24-12-9-20;/h15H,2-14H2,1H3,(H2,17,18,19);1H. The van der Waals surface area contributed by atoms with Gasteiger partial charge in [0.1, 0.15) is 0 Å². The third-order valence-electron chi connectivity index (χ3n) is 4.13. The summed E-state index contributed by atoms with van der Waals surface area (Å²) < 4.78 is 31.8. The highest BCUT2D eigenvalue weighted by Crippen LogP contribution is 2.28. The van der Waals surface area contributed by atoms with Crippen LogP contribution in [0.3, 0.4) is 0 Å². The molecule has 0 amide bonds. The van der Waals surface area contributed by atoms with Crippen molar-refractivity contribution in [2.24, 2.45) is 10.9 Å². The first-order chi connectivity index (χ1) is 12.1. The second-order valence-corrected chi connectivity index (χ2v) is 9.70. The second-order valence-electron chi connectivity index (χ2n) is 6.39. The SMILES string of the molecule is CCNC(=NCCCOCC1CC1)NCCS(=O)(=O)N1CCSCC1.I. The maximum absolute atomic E-state index is 12.3. The van der Waals surface area contributed by atoms with Crippen molar-refractivity contribution in [3.05, 3.63) is 0 Å². The quantitative estimate of drug-likeness (QED) is 0.185. The van der Waals surface area contributed by atoms with E-state index in [1.54, 1.807) is 4.31 Å². The molecule has 0 spiro atoms.